The van der Waals surface area contributed by atoms with Crippen LogP contribution in [0.15, 0.2) is 0 Å². The average Bonchev–Trinajstić information content (AvgIpc) is 2.22. The SMILES string of the molecule is CCC(CSSCC(CC)S(C)=O)S(C)=O. The molecular formula is C10H22O2S4. The summed E-state index contributed by atoms with van der Waals surface area (Å²) in [4.78, 5) is 0. The molecule has 0 fully saturated rings. The van der Waals surface area contributed by atoms with E-state index in [1.54, 1.807) is 34.1 Å². The van der Waals surface area contributed by atoms with Crippen LogP contribution in [0.3, 0.4) is 0 Å². The van der Waals surface area contributed by atoms with Gasteiger partial charge < -0.3 is 0 Å². The fourth-order valence-electron chi connectivity index (χ4n) is 1.14. The Morgan fingerprint density at radius 2 is 1.19 bits per heavy atom. The fraction of sp³-hybridized carbons (Fsp3) is 1.00. The van der Waals surface area contributed by atoms with Gasteiger partial charge in [-0.2, -0.15) is 0 Å². The first-order valence-electron chi connectivity index (χ1n) is 5.41. The lowest BCUT2D eigenvalue weighted by Gasteiger charge is -2.13. The molecule has 0 radical (unpaired) electrons. The van der Waals surface area contributed by atoms with Crippen molar-refractivity contribution in [1.82, 2.24) is 0 Å². The van der Waals surface area contributed by atoms with Crippen molar-refractivity contribution in [2.45, 2.75) is 37.2 Å². The molecule has 0 heterocycles. The van der Waals surface area contributed by atoms with Gasteiger partial charge in [-0.3, -0.25) is 8.42 Å². The standard InChI is InChI=1S/C10H22O2S4/c1-5-9(15(3)11)7-13-14-8-10(6-2)16(4)12/h9-10H,5-8H2,1-4H3. The van der Waals surface area contributed by atoms with Gasteiger partial charge in [0.1, 0.15) is 0 Å². The first-order chi connectivity index (χ1) is 7.52. The minimum Gasteiger partial charge on any atom is -0.260 e. The van der Waals surface area contributed by atoms with E-state index >= 15 is 0 Å². The lowest BCUT2D eigenvalue weighted by molar-refractivity contribution is 0.674. The maximum absolute atomic E-state index is 11.3. The summed E-state index contributed by atoms with van der Waals surface area (Å²) >= 11 is 0. The Balaban J connectivity index is 3.73. The molecule has 16 heavy (non-hydrogen) atoms. The van der Waals surface area contributed by atoms with Crippen LogP contribution < -0.4 is 0 Å². The van der Waals surface area contributed by atoms with Crippen LogP contribution in [0.25, 0.3) is 0 Å². The molecule has 0 bridgehead atoms. The first kappa shape index (κ1) is 17.0. The summed E-state index contributed by atoms with van der Waals surface area (Å²) in [5.74, 6) is 1.86. The molecule has 0 aromatic carbocycles. The summed E-state index contributed by atoms with van der Waals surface area (Å²) in [5.41, 5.74) is 0. The van der Waals surface area contributed by atoms with Gasteiger partial charge in [0.25, 0.3) is 0 Å². The Hall–Kier alpha value is 1.000. The second kappa shape index (κ2) is 9.97. The van der Waals surface area contributed by atoms with Crippen molar-refractivity contribution in [2.75, 3.05) is 24.0 Å². The van der Waals surface area contributed by atoms with Crippen molar-refractivity contribution < 1.29 is 8.42 Å². The highest BCUT2D eigenvalue weighted by Crippen LogP contribution is 2.26. The van der Waals surface area contributed by atoms with Crippen LogP contribution in [-0.4, -0.2) is 42.9 Å². The molecule has 0 N–H and O–H groups in total. The van der Waals surface area contributed by atoms with E-state index in [1.807, 2.05) is 0 Å². The lowest BCUT2D eigenvalue weighted by Crippen LogP contribution is -2.17. The highest BCUT2D eigenvalue weighted by molar-refractivity contribution is 8.76. The fourth-order valence-corrected chi connectivity index (χ4v) is 7.07. The van der Waals surface area contributed by atoms with Gasteiger partial charge in [-0.15, -0.1) is 0 Å². The van der Waals surface area contributed by atoms with Gasteiger partial charge in [0.05, 0.1) is 0 Å². The van der Waals surface area contributed by atoms with Crippen molar-refractivity contribution >= 4 is 43.2 Å². The van der Waals surface area contributed by atoms with E-state index in [0.717, 1.165) is 24.3 Å². The molecule has 0 saturated carbocycles. The molecule has 2 nitrogen and oxygen atoms in total. The summed E-state index contributed by atoms with van der Waals surface area (Å²) < 4.78 is 22.6. The minimum atomic E-state index is -0.722. The average molecular weight is 303 g/mol. The zero-order valence-corrected chi connectivity index (χ0v) is 13.7. The van der Waals surface area contributed by atoms with Crippen molar-refractivity contribution in [1.29, 1.82) is 0 Å². The smallest absolute Gasteiger partial charge is 0.0441 e. The molecule has 0 aliphatic carbocycles. The van der Waals surface area contributed by atoms with E-state index in [0.29, 0.717) is 10.5 Å². The molecule has 0 amide bonds. The molecule has 0 aliphatic rings. The third kappa shape index (κ3) is 7.35. The van der Waals surface area contributed by atoms with Gasteiger partial charge in [0.2, 0.25) is 0 Å². The molecule has 0 saturated heterocycles. The van der Waals surface area contributed by atoms with Gasteiger partial charge in [-0.1, -0.05) is 35.4 Å². The third-order valence-electron chi connectivity index (χ3n) is 2.44. The van der Waals surface area contributed by atoms with Gasteiger partial charge in [-0.05, 0) is 12.8 Å². The largest absolute Gasteiger partial charge is 0.260 e. The van der Waals surface area contributed by atoms with Gasteiger partial charge in [0.15, 0.2) is 0 Å². The van der Waals surface area contributed by atoms with E-state index in [-0.39, 0.29) is 0 Å². The maximum Gasteiger partial charge on any atom is 0.0441 e. The minimum absolute atomic E-state index is 0.296. The quantitative estimate of drug-likeness (QED) is 0.484. The second-order valence-corrected chi connectivity index (χ2v) is 9.51. The first-order valence-corrected chi connectivity index (χ1v) is 11.1. The number of hydrogen-bond acceptors (Lipinski definition) is 4. The van der Waals surface area contributed by atoms with Crippen LogP contribution >= 0.6 is 21.6 Å². The summed E-state index contributed by atoms with van der Waals surface area (Å²) in [6.07, 6.45) is 5.48. The molecule has 6 heteroatoms. The van der Waals surface area contributed by atoms with E-state index in [1.165, 1.54) is 0 Å². The Labute approximate surface area is 112 Å². The van der Waals surface area contributed by atoms with Gasteiger partial charge in [-0.25, -0.2) is 0 Å². The molecule has 0 aromatic heterocycles. The predicted octanol–water partition coefficient (Wildman–Crippen LogP) is 2.68. The molecule has 4 atom stereocenters. The van der Waals surface area contributed by atoms with Crippen LogP contribution in [0.1, 0.15) is 26.7 Å². The normalized spacial score (nSPS) is 19.0. The molecule has 0 rings (SSSR count). The highest BCUT2D eigenvalue weighted by atomic mass is 33.1. The van der Waals surface area contributed by atoms with Crippen LogP contribution in [0, 0.1) is 0 Å². The molecule has 4 unspecified atom stereocenters. The molecule has 0 aliphatic heterocycles. The number of rotatable bonds is 9. The van der Waals surface area contributed by atoms with Crippen molar-refractivity contribution in [3.63, 3.8) is 0 Å². The van der Waals surface area contributed by atoms with Gasteiger partial charge >= 0.3 is 0 Å². The van der Waals surface area contributed by atoms with E-state index in [4.69, 9.17) is 0 Å². The molecule has 0 spiro atoms. The summed E-state index contributed by atoms with van der Waals surface area (Å²) in [6.45, 7) is 4.15. The molecular weight excluding hydrogens is 280 g/mol. The maximum atomic E-state index is 11.3. The van der Waals surface area contributed by atoms with Crippen molar-refractivity contribution in [3.8, 4) is 0 Å². The predicted molar refractivity (Wildman–Crippen MR) is 81.2 cm³/mol. The van der Waals surface area contributed by atoms with Crippen LogP contribution in [-0.2, 0) is 21.6 Å². The van der Waals surface area contributed by atoms with Crippen LogP contribution in [0.5, 0.6) is 0 Å². The Kier molecular flexibility index (Phi) is 10.6. The Morgan fingerprint density at radius 1 is 0.875 bits per heavy atom. The Bertz CT molecular complexity index is 209. The lowest BCUT2D eigenvalue weighted by atomic mass is 10.4. The van der Waals surface area contributed by atoms with Crippen molar-refractivity contribution in [3.05, 3.63) is 0 Å². The number of hydrogen-bond donors (Lipinski definition) is 0. The van der Waals surface area contributed by atoms with E-state index < -0.39 is 21.6 Å². The van der Waals surface area contributed by atoms with Crippen molar-refractivity contribution in [2.24, 2.45) is 0 Å². The summed E-state index contributed by atoms with van der Waals surface area (Å²) in [6, 6.07) is 0. The van der Waals surface area contributed by atoms with Crippen LogP contribution in [0.4, 0.5) is 0 Å². The zero-order chi connectivity index (χ0) is 12.6. The van der Waals surface area contributed by atoms with Crippen LogP contribution in [0.2, 0.25) is 0 Å². The monoisotopic (exact) mass is 302 g/mol. The third-order valence-corrected chi connectivity index (χ3v) is 8.30. The molecule has 98 valence electrons. The van der Waals surface area contributed by atoms with E-state index in [2.05, 4.69) is 13.8 Å². The molecule has 0 aromatic rings. The van der Waals surface area contributed by atoms with E-state index in [9.17, 15) is 8.42 Å². The van der Waals surface area contributed by atoms with Gasteiger partial charge in [0, 0.05) is 56.1 Å². The highest BCUT2D eigenvalue weighted by Gasteiger charge is 2.13. The Morgan fingerprint density at radius 3 is 1.38 bits per heavy atom. The zero-order valence-electron chi connectivity index (χ0n) is 10.4. The summed E-state index contributed by atoms with van der Waals surface area (Å²) in [7, 11) is 2.08. The second-order valence-electron chi connectivity index (χ2n) is 3.63. The topological polar surface area (TPSA) is 34.1 Å². The summed E-state index contributed by atoms with van der Waals surface area (Å²) in [5, 5.41) is 0.592.